The Kier molecular flexibility index (Phi) is 7.85. The lowest BCUT2D eigenvalue weighted by molar-refractivity contribution is -0.122. The maximum absolute atomic E-state index is 12.4. The lowest BCUT2D eigenvalue weighted by Crippen LogP contribution is -2.42. The largest absolute Gasteiger partial charge is 0.295 e. The van der Waals surface area contributed by atoms with E-state index in [0.717, 1.165) is 0 Å². The van der Waals surface area contributed by atoms with Crippen LogP contribution in [0.4, 0.5) is 0 Å². The molecule has 0 aliphatic heterocycles. The molecule has 30 heavy (non-hydrogen) atoms. The van der Waals surface area contributed by atoms with Gasteiger partial charge in [0.2, 0.25) is 15.9 Å². The van der Waals surface area contributed by atoms with Crippen molar-refractivity contribution in [1.29, 1.82) is 0 Å². The molecule has 0 fully saturated rings. The summed E-state index contributed by atoms with van der Waals surface area (Å²) in [6.45, 7) is 5.24. The molecule has 0 saturated carbocycles. The van der Waals surface area contributed by atoms with Gasteiger partial charge in [-0.2, -0.15) is 0 Å². The number of Topliss-reactive ketones (excluding diaryl/α,β-unsaturated/α-hetero) is 1. The van der Waals surface area contributed by atoms with Crippen molar-refractivity contribution >= 4 is 27.6 Å². The molecule has 2 amide bonds. The Labute approximate surface area is 176 Å². The molecule has 160 valence electrons. The molecule has 3 N–H and O–H groups in total. The van der Waals surface area contributed by atoms with Crippen molar-refractivity contribution in [3.05, 3.63) is 65.2 Å². The predicted octanol–water partition coefficient (Wildman–Crippen LogP) is 2.17. The molecule has 2 aromatic rings. The van der Waals surface area contributed by atoms with Gasteiger partial charge in [-0.3, -0.25) is 25.2 Å². The fourth-order valence-corrected chi connectivity index (χ4v) is 3.54. The minimum absolute atomic E-state index is 0.0316. The molecule has 0 unspecified atom stereocenters. The van der Waals surface area contributed by atoms with Crippen LogP contribution in [0, 0.1) is 5.92 Å². The molecule has 2 aromatic carbocycles. The summed E-state index contributed by atoms with van der Waals surface area (Å²) in [5.41, 5.74) is 6.10. The standard InChI is InChI=1S/C21H25N3O5S/c1-14(2)12-20(26)23-24-21(27)18-6-4-16(5-7-18)13-22-30(28,29)19-10-8-17(9-11-19)15(3)25/h4-11,14,22H,12-13H2,1-3H3,(H,23,26)(H,24,27). The van der Waals surface area contributed by atoms with Crippen molar-refractivity contribution in [3.8, 4) is 0 Å². The number of sulfonamides is 1. The molecule has 0 aliphatic carbocycles. The predicted molar refractivity (Wildman–Crippen MR) is 112 cm³/mol. The molecule has 0 aromatic heterocycles. The maximum atomic E-state index is 12.4. The van der Waals surface area contributed by atoms with Crippen LogP contribution in [0.1, 0.15) is 53.5 Å². The zero-order valence-electron chi connectivity index (χ0n) is 17.1. The topological polar surface area (TPSA) is 121 Å². The fourth-order valence-electron chi connectivity index (χ4n) is 2.52. The van der Waals surface area contributed by atoms with E-state index in [0.29, 0.717) is 23.1 Å². The molecule has 0 saturated heterocycles. The molecule has 0 atom stereocenters. The number of hydrogen-bond acceptors (Lipinski definition) is 5. The number of carbonyl (C=O) groups excluding carboxylic acids is 3. The van der Waals surface area contributed by atoms with Gasteiger partial charge in [-0.25, -0.2) is 13.1 Å². The van der Waals surface area contributed by atoms with Gasteiger partial charge in [0.05, 0.1) is 4.90 Å². The van der Waals surface area contributed by atoms with E-state index >= 15 is 0 Å². The van der Waals surface area contributed by atoms with Gasteiger partial charge in [-0.15, -0.1) is 0 Å². The van der Waals surface area contributed by atoms with Crippen LogP contribution < -0.4 is 15.6 Å². The average molecular weight is 432 g/mol. The SMILES string of the molecule is CC(=O)c1ccc(S(=O)(=O)NCc2ccc(C(=O)NNC(=O)CC(C)C)cc2)cc1. The summed E-state index contributed by atoms with van der Waals surface area (Å²) in [5.74, 6) is -0.710. The van der Waals surface area contributed by atoms with Gasteiger partial charge in [0, 0.05) is 24.1 Å². The summed E-state index contributed by atoms with van der Waals surface area (Å²) in [5, 5.41) is 0. The van der Waals surface area contributed by atoms with Crippen LogP contribution in [0.3, 0.4) is 0 Å². The highest BCUT2D eigenvalue weighted by Gasteiger charge is 2.14. The molecular formula is C21H25N3O5S. The quantitative estimate of drug-likeness (QED) is 0.437. The van der Waals surface area contributed by atoms with E-state index in [1.54, 1.807) is 12.1 Å². The van der Waals surface area contributed by atoms with Crippen LogP contribution in [-0.2, 0) is 21.4 Å². The van der Waals surface area contributed by atoms with Gasteiger partial charge in [0.15, 0.2) is 5.78 Å². The van der Waals surface area contributed by atoms with Crippen molar-refractivity contribution in [1.82, 2.24) is 15.6 Å². The monoisotopic (exact) mass is 431 g/mol. The van der Waals surface area contributed by atoms with E-state index in [1.807, 2.05) is 13.8 Å². The van der Waals surface area contributed by atoms with E-state index in [-0.39, 0.29) is 29.0 Å². The first-order valence-electron chi connectivity index (χ1n) is 9.37. The first-order valence-corrected chi connectivity index (χ1v) is 10.9. The fraction of sp³-hybridized carbons (Fsp3) is 0.286. The number of nitrogens with one attached hydrogen (secondary N) is 3. The normalized spacial score (nSPS) is 11.2. The van der Waals surface area contributed by atoms with Crippen LogP contribution in [0.2, 0.25) is 0 Å². The van der Waals surface area contributed by atoms with Gasteiger partial charge in [0.1, 0.15) is 0 Å². The molecule has 0 bridgehead atoms. The van der Waals surface area contributed by atoms with E-state index in [1.165, 1.54) is 43.3 Å². The Hall–Kier alpha value is -3.04. The second-order valence-electron chi connectivity index (χ2n) is 7.20. The summed E-state index contributed by atoms with van der Waals surface area (Å²) >= 11 is 0. The number of carbonyl (C=O) groups is 3. The zero-order chi connectivity index (χ0) is 22.3. The number of benzene rings is 2. The number of ketones is 1. The van der Waals surface area contributed by atoms with Gasteiger partial charge < -0.3 is 0 Å². The zero-order valence-corrected chi connectivity index (χ0v) is 17.9. The Balaban J connectivity index is 1.93. The van der Waals surface area contributed by atoms with Gasteiger partial charge in [-0.05, 0) is 42.7 Å². The summed E-state index contributed by atoms with van der Waals surface area (Å²) in [6.07, 6.45) is 0.302. The second-order valence-corrected chi connectivity index (χ2v) is 8.97. The molecule has 2 rings (SSSR count). The highest BCUT2D eigenvalue weighted by molar-refractivity contribution is 7.89. The summed E-state index contributed by atoms with van der Waals surface area (Å²) < 4.78 is 27.3. The third-order valence-corrected chi connectivity index (χ3v) is 5.58. The first kappa shape index (κ1) is 23.2. The first-order chi connectivity index (χ1) is 14.1. The summed E-state index contributed by atoms with van der Waals surface area (Å²) in [6, 6.07) is 12.0. The van der Waals surface area contributed by atoms with Gasteiger partial charge >= 0.3 is 0 Å². The van der Waals surface area contributed by atoms with E-state index in [4.69, 9.17) is 0 Å². The van der Waals surface area contributed by atoms with Crippen LogP contribution in [0.25, 0.3) is 0 Å². The Morgan fingerprint density at radius 1 is 0.867 bits per heavy atom. The number of hydrazine groups is 1. The van der Waals surface area contributed by atoms with E-state index in [9.17, 15) is 22.8 Å². The highest BCUT2D eigenvalue weighted by Crippen LogP contribution is 2.12. The molecule has 0 aliphatic rings. The van der Waals surface area contributed by atoms with Crippen LogP contribution in [-0.4, -0.2) is 26.0 Å². The van der Waals surface area contributed by atoms with Gasteiger partial charge in [-0.1, -0.05) is 38.1 Å². The van der Waals surface area contributed by atoms with Crippen molar-refractivity contribution in [2.45, 2.75) is 38.6 Å². The van der Waals surface area contributed by atoms with Crippen molar-refractivity contribution in [3.63, 3.8) is 0 Å². The van der Waals surface area contributed by atoms with E-state index in [2.05, 4.69) is 15.6 Å². The summed E-state index contributed by atoms with van der Waals surface area (Å²) in [4.78, 5) is 35.0. The number of rotatable bonds is 8. The molecular weight excluding hydrogens is 406 g/mol. The van der Waals surface area contributed by atoms with Crippen LogP contribution >= 0.6 is 0 Å². The molecule has 0 radical (unpaired) electrons. The Morgan fingerprint density at radius 3 is 1.97 bits per heavy atom. The van der Waals surface area contributed by atoms with Crippen LogP contribution in [0.5, 0.6) is 0 Å². The third kappa shape index (κ3) is 6.78. The lowest BCUT2D eigenvalue weighted by Gasteiger charge is -2.10. The lowest BCUT2D eigenvalue weighted by atomic mass is 10.1. The van der Waals surface area contributed by atoms with Crippen LogP contribution in [0.15, 0.2) is 53.4 Å². The molecule has 0 heterocycles. The number of amides is 2. The molecule has 0 spiro atoms. The Bertz CT molecular complexity index is 1010. The van der Waals surface area contributed by atoms with Gasteiger partial charge in [0.25, 0.3) is 5.91 Å². The third-order valence-electron chi connectivity index (χ3n) is 4.16. The minimum atomic E-state index is -3.74. The minimum Gasteiger partial charge on any atom is -0.295 e. The molecule has 9 heteroatoms. The van der Waals surface area contributed by atoms with Crippen molar-refractivity contribution in [2.75, 3.05) is 0 Å². The molecule has 8 nitrogen and oxygen atoms in total. The number of hydrogen-bond donors (Lipinski definition) is 3. The van der Waals surface area contributed by atoms with E-state index < -0.39 is 15.9 Å². The average Bonchev–Trinajstić information content (AvgIpc) is 2.70. The summed E-state index contributed by atoms with van der Waals surface area (Å²) in [7, 11) is -3.74. The Morgan fingerprint density at radius 2 is 1.43 bits per heavy atom. The smallest absolute Gasteiger partial charge is 0.269 e. The highest BCUT2D eigenvalue weighted by atomic mass is 32.2. The van der Waals surface area contributed by atoms with Crippen molar-refractivity contribution in [2.24, 2.45) is 5.92 Å². The maximum Gasteiger partial charge on any atom is 0.269 e. The van der Waals surface area contributed by atoms with Crippen molar-refractivity contribution < 1.29 is 22.8 Å². The second kappa shape index (κ2) is 10.1.